The SMILES string of the molecule is COCCN1C(=O)CC2C1CCN2S(=O)(=O)c1cccc(F)c1. The summed E-state index contributed by atoms with van der Waals surface area (Å²) in [7, 11) is -2.24. The van der Waals surface area contributed by atoms with Gasteiger partial charge in [0.25, 0.3) is 0 Å². The van der Waals surface area contributed by atoms with E-state index in [1.807, 2.05) is 0 Å². The van der Waals surface area contributed by atoms with Gasteiger partial charge in [-0.05, 0) is 24.6 Å². The van der Waals surface area contributed by atoms with Crippen LogP contribution in [0.25, 0.3) is 0 Å². The molecule has 6 nitrogen and oxygen atoms in total. The Morgan fingerprint density at radius 1 is 1.35 bits per heavy atom. The molecule has 2 unspecified atom stereocenters. The molecular formula is C15H19FN2O4S. The van der Waals surface area contributed by atoms with Gasteiger partial charge in [-0.1, -0.05) is 6.07 Å². The van der Waals surface area contributed by atoms with Crippen LogP contribution >= 0.6 is 0 Å². The van der Waals surface area contributed by atoms with Gasteiger partial charge in [0.2, 0.25) is 15.9 Å². The maximum Gasteiger partial charge on any atom is 0.243 e. The van der Waals surface area contributed by atoms with Crippen LogP contribution in [-0.4, -0.2) is 62.4 Å². The standard InChI is InChI=1S/C15H19FN2O4S/c1-22-8-7-17-13-5-6-18(14(13)10-15(17)19)23(20,21)12-4-2-3-11(16)9-12/h2-4,9,13-14H,5-8,10H2,1H3. The fraction of sp³-hybridized carbons (Fsp3) is 0.533. The zero-order chi connectivity index (χ0) is 16.6. The number of fused-ring (bicyclic) bond motifs is 1. The normalized spacial score (nSPS) is 25.1. The van der Waals surface area contributed by atoms with Gasteiger partial charge < -0.3 is 9.64 Å². The Bertz CT molecular complexity index is 709. The molecule has 2 atom stereocenters. The van der Waals surface area contributed by atoms with Crippen LogP contribution in [0.15, 0.2) is 29.2 Å². The van der Waals surface area contributed by atoms with Crippen LogP contribution in [0.1, 0.15) is 12.8 Å². The van der Waals surface area contributed by atoms with Crippen LogP contribution in [0.4, 0.5) is 4.39 Å². The Labute approximate surface area is 134 Å². The molecule has 0 radical (unpaired) electrons. The van der Waals surface area contributed by atoms with Crippen molar-refractivity contribution >= 4 is 15.9 Å². The third-order valence-electron chi connectivity index (χ3n) is 4.50. The molecule has 23 heavy (non-hydrogen) atoms. The molecule has 0 spiro atoms. The quantitative estimate of drug-likeness (QED) is 0.795. The van der Waals surface area contributed by atoms with E-state index < -0.39 is 15.8 Å². The Morgan fingerprint density at radius 2 is 2.13 bits per heavy atom. The molecule has 0 bridgehead atoms. The predicted octanol–water partition coefficient (Wildman–Crippen LogP) is 0.836. The molecule has 1 aromatic carbocycles. The zero-order valence-electron chi connectivity index (χ0n) is 12.8. The van der Waals surface area contributed by atoms with Crippen LogP contribution in [0, 0.1) is 5.82 Å². The van der Waals surface area contributed by atoms with Gasteiger partial charge in [0.15, 0.2) is 0 Å². The molecule has 2 saturated heterocycles. The molecule has 0 N–H and O–H groups in total. The lowest BCUT2D eigenvalue weighted by Crippen LogP contribution is -2.40. The van der Waals surface area contributed by atoms with E-state index in [1.54, 1.807) is 12.0 Å². The highest BCUT2D eigenvalue weighted by atomic mass is 32.2. The van der Waals surface area contributed by atoms with Crippen molar-refractivity contribution in [1.29, 1.82) is 0 Å². The molecule has 8 heteroatoms. The van der Waals surface area contributed by atoms with E-state index in [9.17, 15) is 17.6 Å². The van der Waals surface area contributed by atoms with Crippen molar-refractivity contribution in [3.8, 4) is 0 Å². The van der Waals surface area contributed by atoms with Gasteiger partial charge in [0, 0.05) is 26.6 Å². The second kappa shape index (κ2) is 6.18. The van der Waals surface area contributed by atoms with Crippen LogP contribution in [0.3, 0.4) is 0 Å². The summed E-state index contributed by atoms with van der Waals surface area (Å²) < 4.78 is 45.2. The second-order valence-corrected chi connectivity index (χ2v) is 7.67. The predicted molar refractivity (Wildman–Crippen MR) is 80.7 cm³/mol. The minimum atomic E-state index is -3.80. The number of halogens is 1. The number of hydrogen-bond donors (Lipinski definition) is 0. The van der Waals surface area contributed by atoms with E-state index >= 15 is 0 Å². The lowest BCUT2D eigenvalue weighted by atomic mass is 10.1. The van der Waals surface area contributed by atoms with E-state index in [1.165, 1.54) is 22.5 Å². The van der Waals surface area contributed by atoms with Crippen molar-refractivity contribution in [2.24, 2.45) is 0 Å². The number of sulfonamides is 1. The molecule has 1 amide bonds. The first-order valence-electron chi connectivity index (χ1n) is 7.51. The maximum absolute atomic E-state index is 13.4. The molecule has 3 rings (SSSR count). The number of amides is 1. The number of benzene rings is 1. The fourth-order valence-corrected chi connectivity index (χ4v) is 5.13. The molecule has 0 aromatic heterocycles. The van der Waals surface area contributed by atoms with Crippen LogP contribution in [0.2, 0.25) is 0 Å². The van der Waals surface area contributed by atoms with E-state index in [0.717, 1.165) is 6.07 Å². The largest absolute Gasteiger partial charge is 0.383 e. The first-order valence-corrected chi connectivity index (χ1v) is 8.95. The summed E-state index contributed by atoms with van der Waals surface area (Å²) in [5.41, 5.74) is 0. The second-order valence-electron chi connectivity index (χ2n) is 5.78. The Morgan fingerprint density at radius 3 is 2.83 bits per heavy atom. The van der Waals surface area contributed by atoms with E-state index in [4.69, 9.17) is 4.74 Å². The Balaban J connectivity index is 1.84. The topological polar surface area (TPSA) is 66.9 Å². The molecule has 2 aliphatic heterocycles. The number of carbonyl (C=O) groups excluding carboxylic acids is 1. The smallest absolute Gasteiger partial charge is 0.243 e. The Kier molecular flexibility index (Phi) is 4.39. The van der Waals surface area contributed by atoms with Crippen molar-refractivity contribution in [1.82, 2.24) is 9.21 Å². The first kappa shape index (κ1) is 16.4. The van der Waals surface area contributed by atoms with Crippen LogP contribution in [-0.2, 0) is 19.6 Å². The van der Waals surface area contributed by atoms with E-state index in [2.05, 4.69) is 0 Å². The summed E-state index contributed by atoms with van der Waals surface area (Å²) in [6, 6.07) is 4.47. The minimum Gasteiger partial charge on any atom is -0.383 e. The van der Waals surface area contributed by atoms with Crippen LogP contribution in [0.5, 0.6) is 0 Å². The lowest BCUT2D eigenvalue weighted by Gasteiger charge is -2.25. The minimum absolute atomic E-state index is 0.0591. The van der Waals surface area contributed by atoms with E-state index in [0.29, 0.717) is 26.1 Å². The summed E-state index contributed by atoms with van der Waals surface area (Å²) in [6.07, 6.45) is 0.762. The maximum atomic E-state index is 13.4. The Hall–Kier alpha value is -1.51. The van der Waals surface area contributed by atoms with Crippen molar-refractivity contribution < 1.29 is 22.3 Å². The molecule has 1 aromatic rings. The number of likely N-dealkylation sites (tertiary alicyclic amines) is 1. The summed E-state index contributed by atoms with van der Waals surface area (Å²) in [5.74, 6) is -0.651. The van der Waals surface area contributed by atoms with Gasteiger partial charge >= 0.3 is 0 Å². The van der Waals surface area contributed by atoms with Gasteiger partial charge in [-0.3, -0.25) is 4.79 Å². The average molecular weight is 342 g/mol. The third kappa shape index (κ3) is 2.86. The summed E-state index contributed by atoms with van der Waals surface area (Å²) >= 11 is 0. The van der Waals surface area contributed by atoms with Crippen molar-refractivity contribution in [2.45, 2.75) is 29.8 Å². The molecule has 0 aliphatic carbocycles. The van der Waals surface area contributed by atoms with Crippen molar-refractivity contribution in [2.75, 3.05) is 26.8 Å². The van der Waals surface area contributed by atoms with Crippen LogP contribution < -0.4 is 0 Å². The van der Waals surface area contributed by atoms with Gasteiger partial charge in [-0.25, -0.2) is 12.8 Å². The number of hydrogen-bond acceptors (Lipinski definition) is 4. The average Bonchev–Trinajstić information content (AvgIpc) is 3.04. The molecule has 2 fully saturated rings. The third-order valence-corrected chi connectivity index (χ3v) is 6.42. The lowest BCUT2D eigenvalue weighted by molar-refractivity contribution is -0.129. The first-order chi connectivity index (χ1) is 10.9. The fourth-order valence-electron chi connectivity index (χ4n) is 3.43. The van der Waals surface area contributed by atoms with Gasteiger partial charge in [-0.15, -0.1) is 0 Å². The number of rotatable bonds is 5. The zero-order valence-corrected chi connectivity index (χ0v) is 13.6. The van der Waals surface area contributed by atoms with Gasteiger partial charge in [0.05, 0.1) is 23.6 Å². The number of methoxy groups -OCH3 is 1. The highest BCUT2D eigenvalue weighted by molar-refractivity contribution is 7.89. The molecule has 2 aliphatic rings. The van der Waals surface area contributed by atoms with Crippen molar-refractivity contribution in [3.63, 3.8) is 0 Å². The highest BCUT2D eigenvalue weighted by Crippen LogP contribution is 2.36. The monoisotopic (exact) mass is 342 g/mol. The summed E-state index contributed by atoms with van der Waals surface area (Å²) in [6.45, 7) is 1.22. The number of nitrogens with zero attached hydrogens (tertiary/aromatic N) is 2. The molecule has 126 valence electrons. The highest BCUT2D eigenvalue weighted by Gasteiger charge is 2.50. The van der Waals surface area contributed by atoms with E-state index in [-0.39, 0.29) is 29.3 Å². The number of ether oxygens (including phenoxy) is 1. The molecule has 2 heterocycles. The molecule has 0 saturated carbocycles. The summed E-state index contributed by atoms with van der Waals surface area (Å²) in [5, 5.41) is 0. The van der Waals surface area contributed by atoms with Crippen molar-refractivity contribution in [3.05, 3.63) is 30.1 Å². The summed E-state index contributed by atoms with van der Waals surface area (Å²) in [4.78, 5) is 13.8. The van der Waals surface area contributed by atoms with Gasteiger partial charge in [0.1, 0.15) is 5.82 Å². The molecular weight excluding hydrogens is 323 g/mol. The van der Waals surface area contributed by atoms with Gasteiger partial charge in [-0.2, -0.15) is 4.31 Å². The number of carbonyl (C=O) groups is 1.